The molecule has 1 unspecified atom stereocenters. The summed E-state index contributed by atoms with van der Waals surface area (Å²) in [5.41, 5.74) is 0.728. The second-order valence-electron chi connectivity index (χ2n) is 3.55. The first-order valence-electron chi connectivity index (χ1n) is 5.54. The quantitative estimate of drug-likeness (QED) is 0.781. The number of aryl methyl sites for hydroxylation is 1. The van der Waals surface area contributed by atoms with Gasteiger partial charge in [0.25, 0.3) is 0 Å². The Kier molecular flexibility index (Phi) is 4.68. The minimum atomic E-state index is -0.921. The van der Waals surface area contributed by atoms with Crippen LogP contribution in [0.1, 0.15) is 26.0 Å². The molecule has 1 heterocycles. The molecule has 0 saturated carbocycles. The highest BCUT2D eigenvalue weighted by molar-refractivity contribution is 5.76. The molecule has 0 aliphatic rings. The van der Waals surface area contributed by atoms with Gasteiger partial charge in [0.1, 0.15) is 6.04 Å². The van der Waals surface area contributed by atoms with Crippen molar-refractivity contribution in [3.05, 3.63) is 11.8 Å². The molecule has 94 valence electrons. The largest absolute Gasteiger partial charge is 0.480 e. The zero-order valence-corrected chi connectivity index (χ0v) is 10.2. The van der Waals surface area contributed by atoms with Crippen molar-refractivity contribution in [2.75, 3.05) is 11.9 Å². The zero-order chi connectivity index (χ0) is 12.8. The molecule has 1 atom stereocenters. The van der Waals surface area contributed by atoms with Crippen LogP contribution in [-0.2, 0) is 4.79 Å². The summed E-state index contributed by atoms with van der Waals surface area (Å²) in [6.45, 7) is 5.95. The Morgan fingerprint density at radius 3 is 2.76 bits per heavy atom. The average Bonchev–Trinajstić information content (AvgIpc) is 2.25. The van der Waals surface area contributed by atoms with Gasteiger partial charge in [0.05, 0.1) is 6.61 Å². The molecule has 1 aromatic rings. The molecule has 0 fully saturated rings. The molecule has 0 aliphatic carbocycles. The molecule has 6 nitrogen and oxygen atoms in total. The Bertz CT molecular complexity index is 396. The van der Waals surface area contributed by atoms with Crippen LogP contribution in [-0.4, -0.2) is 33.7 Å². The Balaban J connectivity index is 2.86. The summed E-state index contributed by atoms with van der Waals surface area (Å²) in [5, 5.41) is 11.7. The predicted octanol–water partition coefficient (Wildman–Crippen LogP) is 1.46. The number of carboxylic acid groups (broad SMARTS) is 1. The lowest BCUT2D eigenvalue weighted by atomic mass is 10.2. The first-order chi connectivity index (χ1) is 8.06. The number of ether oxygens (including phenoxy) is 1. The van der Waals surface area contributed by atoms with E-state index < -0.39 is 12.0 Å². The van der Waals surface area contributed by atoms with Gasteiger partial charge in [-0.15, -0.1) is 0 Å². The summed E-state index contributed by atoms with van der Waals surface area (Å²) in [6.07, 6.45) is 0.455. The van der Waals surface area contributed by atoms with E-state index in [0.717, 1.165) is 5.69 Å². The summed E-state index contributed by atoms with van der Waals surface area (Å²) in [4.78, 5) is 19.1. The number of aromatic nitrogens is 2. The Hall–Kier alpha value is -1.85. The SMILES string of the molecule is CCOc1cc(C)nc(NC(CC)C(=O)O)n1. The zero-order valence-electron chi connectivity index (χ0n) is 10.2. The lowest BCUT2D eigenvalue weighted by molar-refractivity contribution is -0.138. The van der Waals surface area contributed by atoms with Crippen molar-refractivity contribution >= 4 is 11.9 Å². The predicted molar refractivity (Wildman–Crippen MR) is 63.3 cm³/mol. The fourth-order valence-electron chi connectivity index (χ4n) is 1.32. The van der Waals surface area contributed by atoms with E-state index in [2.05, 4.69) is 15.3 Å². The maximum atomic E-state index is 10.9. The van der Waals surface area contributed by atoms with Crippen molar-refractivity contribution in [2.45, 2.75) is 33.2 Å². The van der Waals surface area contributed by atoms with Crippen molar-refractivity contribution in [1.82, 2.24) is 9.97 Å². The van der Waals surface area contributed by atoms with E-state index in [1.807, 2.05) is 6.92 Å². The van der Waals surface area contributed by atoms with E-state index in [1.165, 1.54) is 0 Å². The lowest BCUT2D eigenvalue weighted by Crippen LogP contribution is -2.29. The van der Waals surface area contributed by atoms with Crippen LogP contribution in [0.2, 0.25) is 0 Å². The highest BCUT2D eigenvalue weighted by Gasteiger charge is 2.16. The van der Waals surface area contributed by atoms with Gasteiger partial charge in [-0.05, 0) is 20.3 Å². The molecule has 0 spiro atoms. The highest BCUT2D eigenvalue weighted by Crippen LogP contribution is 2.13. The van der Waals surface area contributed by atoms with Crippen molar-refractivity contribution in [2.24, 2.45) is 0 Å². The molecule has 2 N–H and O–H groups in total. The number of rotatable bonds is 6. The third kappa shape index (κ3) is 3.90. The second-order valence-corrected chi connectivity index (χ2v) is 3.55. The van der Waals surface area contributed by atoms with Gasteiger partial charge in [-0.1, -0.05) is 6.92 Å². The maximum absolute atomic E-state index is 10.9. The van der Waals surface area contributed by atoms with Crippen LogP contribution in [0.15, 0.2) is 6.07 Å². The molecule has 17 heavy (non-hydrogen) atoms. The van der Waals surface area contributed by atoms with Gasteiger partial charge >= 0.3 is 5.97 Å². The van der Waals surface area contributed by atoms with Crippen molar-refractivity contribution in [3.63, 3.8) is 0 Å². The summed E-state index contributed by atoms with van der Waals surface area (Å²) in [7, 11) is 0. The molecule has 0 saturated heterocycles. The van der Waals surface area contributed by atoms with E-state index in [4.69, 9.17) is 9.84 Å². The molecular weight excluding hydrogens is 222 g/mol. The molecule has 1 rings (SSSR count). The van der Waals surface area contributed by atoms with Crippen LogP contribution in [0, 0.1) is 6.92 Å². The standard InChI is InChI=1S/C11H17N3O3/c1-4-8(10(15)16)13-11-12-7(3)6-9(14-11)17-5-2/h6,8H,4-5H2,1-3H3,(H,15,16)(H,12,13,14). The van der Waals surface area contributed by atoms with Crippen LogP contribution < -0.4 is 10.1 Å². The number of nitrogens with zero attached hydrogens (tertiary/aromatic N) is 2. The fraction of sp³-hybridized carbons (Fsp3) is 0.545. The number of nitrogens with one attached hydrogen (secondary N) is 1. The molecule has 0 bridgehead atoms. The van der Waals surface area contributed by atoms with Crippen LogP contribution >= 0.6 is 0 Å². The molecule has 0 radical (unpaired) electrons. The topological polar surface area (TPSA) is 84.3 Å². The third-order valence-corrected chi connectivity index (χ3v) is 2.13. The molecule has 0 amide bonds. The second kappa shape index (κ2) is 6.03. The summed E-state index contributed by atoms with van der Waals surface area (Å²) in [6, 6.07) is 1.02. The number of hydrogen-bond acceptors (Lipinski definition) is 5. The van der Waals surface area contributed by atoms with Gasteiger partial charge in [0.15, 0.2) is 0 Å². The summed E-state index contributed by atoms with van der Waals surface area (Å²) >= 11 is 0. The molecule has 1 aromatic heterocycles. The molecule has 6 heteroatoms. The summed E-state index contributed by atoms with van der Waals surface area (Å²) < 4.78 is 5.26. The Morgan fingerprint density at radius 1 is 1.53 bits per heavy atom. The molecule has 0 aliphatic heterocycles. The van der Waals surface area contributed by atoms with Gasteiger partial charge in [-0.3, -0.25) is 0 Å². The van der Waals surface area contributed by atoms with Gasteiger partial charge < -0.3 is 15.2 Å². The number of hydrogen-bond donors (Lipinski definition) is 2. The summed E-state index contributed by atoms with van der Waals surface area (Å²) in [5.74, 6) is -0.194. The van der Waals surface area contributed by atoms with Crippen LogP contribution in [0.5, 0.6) is 5.88 Å². The third-order valence-electron chi connectivity index (χ3n) is 2.13. The van der Waals surface area contributed by atoms with Gasteiger partial charge in [0, 0.05) is 11.8 Å². The van der Waals surface area contributed by atoms with Gasteiger partial charge in [-0.25, -0.2) is 9.78 Å². The van der Waals surface area contributed by atoms with E-state index in [1.54, 1.807) is 19.9 Å². The monoisotopic (exact) mass is 239 g/mol. The van der Waals surface area contributed by atoms with E-state index in [0.29, 0.717) is 18.9 Å². The first kappa shape index (κ1) is 13.2. The average molecular weight is 239 g/mol. The van der Waals surface area contributed by atoms with Crippen LogP contribution in [0.25, 0.3) is 0 Å². The smallest absolute Gasteiger partial charge is 0.326 e. The number of carboxylic acids is 1. The van der Waals surface area contributed by atoms with Crippen molar-refractivity contribution in [1.29, 1.82) is 0 Å². The molecular formula is C11H17N3O3. The van der Waals surface area contributed by atoms with E-state index >= 15 is 0 Å². The minimum Gasteiger partial charge on any atom is -0.480 e. The van der Waals surface area contributed by atoms with E-state index in [9.17, 15) is 4.79 Å². The maximum Gasteiger partial charge on any atom is 0.326 e. The first-order valence-corrected chi connectivity index (χ1v) is 5.54. The molecule has 0 aromatic carbocycles. The fourth-order valence-corrected chi connectivity index (χ4v) is 1.32. The highest BCUT2D eigenvalue weighted by atomic mass is 16.5. The van der Waals surface area contributed by atoms with E-state index in [-0.39, 0.29) is 5.95 Å². The van der Waals surface area contributed by atoms with Crippen LogP contribution in [0.3, 0.4) is 0 Å². The van der Waals surface area contributed by atoms with Crippen LogP contribution in [0.4, 0.5) is 5.95 Å². The van der Waals surface area contributed by atoms with Gasteiger partial charge in [0.2, 0.25) is 11.8 Å². The van der Waals surface area contributed by atoms with Gasteiger partial charge in [-0.2, -0.15) is 4.98 Å². The number of aliphatic carboxylic acids is 1. The minimum absolute atomic E-state index is 0.280. The Morgan fingerprint density at radius 2 is 2.24 bits per heavy atom. The number of anilines is 1. The van der Waals surface area contributed by atoms with Crippen molar-refractivity contribution < 1.29 is 14.6 Å². The van der Waals surface area contributed by atoms with Crippen molar-refractivity contribution in [3.8, 4) is 5.88 Å². The number of carbonyl (C=O) groups is 1. The Labute approximate surface area is 100 Å². The lowest BCUT2D eigenvalue weighted by Gasteiger charge is -2.13. The normalized spacial score (nSPS) is 11.9.